The molecule has 4 nitrogen and oxygen atoms in total. The summed E-state index contributed by atoms with van der Waals surface area (Å²) in [5, 5.41) is 5.58. The second-order valence-corrected chi connectivity index (χ2v) is 8.04. The Kier molecular flexibility index (Phi) is 8.83. The Morgan fingerprint density at radius 3 is 2.62 bits per heavy atom. The van der Waals surface area contributed by atoms with Crippen molar-refractivity contribution in [2.24, 2.45) is 16.6 Å². The molecule has 1 aliphatic carbocycles. The van der Waals surface area contributed by atoms with Crippen LogP contribution in [0.4, 0.5) is 0 Å². The van der Waals surface area contributed by atoms with Crippen LogP contribution >= 0.6 is 35.3 Å². The maximum Gasteiger partial charge on any atom is 0.188 e. The van der Waals surface area contributed by atoms with Gasteiger partial charge in [0.05, 0.1) is 0 Å². The Morgan fingerprint density at radius 1 is 1.21 bits per heavy atom. The first-order valence-electron chi connectivity index (χ1n) is 9.11. The van der Waals surface area contributed by atoms with Gasteiger partial charge in [0.25, 0.3) is 0 Å². The van der Waals surface area contributed by atoms with Crippen molar-refractivity contribution >= 4 is 41.3 Å². The van der Waals surface area contributed by atoms with Crippen LogP contribution in [0.1, 0.15) is 49.8 Å². The second kappa shape index (κ2) is 10.6. The van der Waals surface area contributed by atoms with Gasteiger partial charge in [0.15, 0.2) is 5.96 Å². The number of nitrogens with one attached hydrogen (secondary N) is 1. The van der Waals surface area contributed by atoms with Gasteiger partial charge in [-0.25, -0.2) is 0 Å². The van der Waals surface area contributed by atoms with Crippen LogP contribution in [-0.2, 0) is 6.54 Å². The van der Waals surface area contributed by atoms with Crippen molar-refractivity contribution in [3.8, 4) is 0 Å². The minimum absolute atomic E-state index is 0. The van der Waals surface area contributed by atoms with Crippen LogP contribution in [0.2, 0.25) is 0 Å². The predicted molar refractivity (Wildman–Crippen MR) is 114 cm³/mol. The summed E-state index contributed by atoms with van der Waals surface area (Å²) in [6.07, 6.45) is 9.01. The lowest BCUT2D eigenvalue weighted by Crippen LogP contribution is -2.41. The molecule has 0 spiro atoms. The zero-order valence-corrected chi connectivity index (χ0v) is 17.6. The third kappa shape index (κ3) is 6.52. The topological polar surface area (TPSA) is 53.6 Å². The molecule has 6 heteroatoms. The van der Waals surface area contributed by atoms with Gasteiger partial charge in [-0.05, 0) is 56.1 Å². The molecule has 0 amide bonds. The lowest BCUT2D eigenvalue weighted by atomic mass is 9.95. The molecular weight excluding hydrogens is 431 g/mol. The fourth-order valence-corrected chi connectivity index (χ4v) is 4.43. The largest absolute Gasteiger partial charge is 0.370 e. The molecule has 1 saturated carbocycles. The van der Waals surface area contributed by atoms with E-state index in [1.165, 1.54) is 62.9 Å². The fraction of sp³-hybridized carbons (Fsp3) is 0.722. The maximum absolute atomic E-state index is 6.07. The monoisotopic (exact) mass is 462 g/mol. The minimum Gasteiger partial charge on any atom is -0.370 e. The van der Waals surface area contributed by atoms with Crippen LogP contribution in [0.25, 0.3) is 0 Å². The highest BCUT2D eigenvalue weighted by Crippen LogP contribution is 2.21. The standard InChI is InChI=1S/C18H30N4S.HI/c19-18(21-16-5-2-1-3-6-16)20-13-15-8-10-22(11-9-15)14-17-7-4-12-23-17;/h4,7,12,15-16H,1-3,5-6,8-11,13-14H2,(H3,19,20,21);1H. The van der Waals surface area contributed by atoms with Gasteiger partial charge >= 0.3 is 0 Å². The van der Waals surface area contributed by atoms with Crippen molar-refractivity contribution in [1.82, 2.24) is 10.2 Å². The molecule has 3 N–H and O–H groups in total. The van der Waals surface area contributed by atoms with E-state index in [1.54, 1.807) is 0 Å². The molecule has 24 heavy (non-hydrogen) atoms. The maximum atomic E-state index is 6.07. The van der Waals surface area contributed by atoms with Gasteiger partial charge in [-0.2, -0.15) is 0 Å². The molecule has 136 valence electrons. The summed E-state index contributed by atoms with van der Waals surface area (Å²) < 4.78 is 0. The lowest BCUT2D eigenvalue weighted by molar-refractivity contribution is 0.182. The van der Waals surface area contributed by atoms with Gasteiger partial charge in [-0.15, -0.1) is 35.3 Å². The van der Waals surface area contributed by atoms with Crippen LogP contribution in [0.5, 0.6) is 0 Å². The smallest absolute Gasteiger partial charge is 0.188 e. The van der Waals surface area contributed by atoms with E-state index in [2.05, 4.69) is 32.7 Å². The SMILES string of the molecule is I.NC(=NCC1CCN(Cc2cccs2)CC1)NC1CCCCC1. The average molecular weight is 462 g/mol. The molecule has 1 aromatic rings. The van der Waals surface area contributed by atoms with E-state index >= 15 is 0 Å². The van der Waals surface area contributed by atoms with Crippen LogP contribution in [0, 0.1) is 5.92 Å². The summed E-state index contributed by atoms with van der Waals surface area (Å²) in [6.45, 7) is 4.37. The summed E-state index contributed by atoms with van der Waals surface area (Å²) in [5.74, 6) is 1.36. The molecule has 0 unspecified atom stereocenters. The summed E-state index contributed by atoms with van der Waals surface area (Å²) in [4.78, 5) is 8.65. The molecule has 1 saturated heterocycles. The van der Waals surface area contributed by atoms with Gasteiger partial charge in [-0.3, -0.25) is 9.89 Å². The Labute approximate surface area is 167 Å². The Hall–Kier alpha value is -0.340. The number of guanidine groups is 1. The molecule has 3 rings (SSSR count). The third-order valence-electron chi connectivity index (χ3n) is 5.14. The quantitative estimate of drug-likeness (QED) is 0.398. The number of nitrogens with two attached hydrogens (primary N) is 1. The summed E-state index contributed by atoms with van der Waals surface area (Å²) in [6, 6.07) is 4.93. The predicted octanol–water partition coefficient (Wildman–Crippen LogP) is 3.82. The molecule has 2 fully saturated rings. The Balaban J connectivity index is 0.00000208. The number of rotatable bonds is 5. The molecule has 0 aromatic carbocycles. The Bertz CT molecular complexity index is 477. The number of likely N-dealkylation sites (tertiary alicyclic amines) is 1. The van der Waals surface area contributed by atoms with Crippen molar-refractivity contribution < 1.29 is 0 Å². The Morgan fingerprint density at radius 2 is 1.96 bits per heavy atom. The third-order valence-corrected chi connectivity index (χ3v) is 6.00. The van der Waals surface area contributed by atoms with E-state index in [1.807, 2.05) is 11.3 Å². The first kappa shape index (κ1) is 20.0. The summed E-state index contributed by atoms with van der Waals surface area (Å²) in [7, 11) is 0. The van der Waals surface area contributed by atoms with Gasteiger partial charge in [0.1, 0.15) is 0 Å². The summed E-state index contributed by atoms with van der Waals surface area (Å²) >= 11 is 1.86. The van der Waals surface area contributed by atoms with E-state index in [0.717, 1.165) is 13.1 Å². The van der Waals surface area contributed by atoms with Crippen LogP contribution in [0.3, 0.4) is 0 Å². The first-order chi connectivity index (χ1) is 11.3. The van der Waals surface area contributed by atoms with E-state index in [9.17, 15) is 0 Å². The average Bonchev–Trinajstić information content (AvgIpc) is 3.08. The number of nitrogens with zero attached hydrogens (tertiary/aromatic N) is 2. The number of piperidine rings is 1. The van der Waals surface area contributed by atoms with Gasteiger partial charge in [-0.1, -0.05) is 25.3 Å². The number of thiophene rings is 1. The molecule has 1 aromatic heterocycles. The van der Waals surface area contributed by atoms with Crippen molar-refractivity contribution in [2.75, 3.05) is 19.6 Å². The van der Waals surface area contributed by atoms with Crippen LogP contribution in [-0.4, -0.2) is 36.5 Å². The van der Waals surface area contributed by atoms with Crippen LogP contribution < -0.4 is 11.1 Å². The first-order valence-corrected chi connectivity index (χ1v) is 9.99. The normalized spacial score (nSPS) is 21.4. The van der Waals surface area contributed by atoms with Crippen molar-refractivity contribution in [3.63, 3.8) is 0 Å². The summed E-state index contributed by atoms with van der Waals surface area (Å²) in [5.41, 5.74) is 6.07. The van der Waals surface area contributed by atoms with Gasteiger partial charge < -0.3 is 11.1 Å². The van der Waals surface area contributed by atoms with E-state index < -0.39 is 0 Å². The van der Waals surface area contributed by atoms with Crippen molar-refractivity contribution in [1.29, 1.82) is 0 Å². The van der Waals surface area contributed by atoms with Gasteiger partial charge in [0.2, 0.25) is 0 Å². The fourth-order valence-electron chi connectivity index (χ4n) is 3.68. The number of hydrogen-bond donors (Lipinski definition) is 2. The molecule has 0 atom stereocenters. The highest BCUT2D eigenvalue weighted by Gasteiger charge is 2.19. The lowest BCUT2D eigenvalue weighted by Gasteiger charge is -2.31. The van der Waals surface area contributed by atoms with Crippen LogP contribution in [0.15, 0.2) is 22.5 Å². The molecule has 0 radical (unpaired) electrons. The zero-order chi connectivity index (χ0) is 15.9. The van der Waals surface area contributed by atoms with E-state index in [4.69, 9.17) is 5.73 Å². The molecule has 2 aliphatic rings. The second-order valence-electron chi connectivity index (χ2n) is 7.00. The molecule has 0 bridgehead atoms. The number of hydrogen-bond acceptors (Lipinski definition) is 3. The zero-order valence-electron chi connectivity index (χ0n) is 14.5. The molecule has 2 heterocycles. The van der Waals surface area contributed by atoms with Crippen molar-refractivity contribution in [2.45, 2.75) is 57.5 Å². The van der Waals surface area contributed by atoms with E-state index in [-0.39, 0.29) is 24.0 Å². The van der Waals surface area contributed by atoms with Gasteiger partial charge in [0, 0.05) is 24.0 Å². The van der Waals surface area contributed by atoms with Crippen molar-refractivity contribution in [3.05, 3.63) is 22.4 Å². The molecular formula is C18H31IN4S. The highest BCUT2D eigenvalue weighted by molar-refractivity contribution is 14.0. The highest BCUT2D eigenvalue weighted by atomic mass is 127. The van der Waals surface area contributed by atoms with E-state index in [0.29, 0.717) is 17.9 Å². The minimum atomic E-state index is 0. The number of aliphatic imine (C=N–C) groups is 1. The number of halogens is 1. The molecule has 1 aliphatic heterocycles.